The van der Waals surface area contributed by atoms with E-state index in [1.807, 2.05) is 0 Å². The van der Waals surface area contributed by atoms with Gasteiger partial charge in [0.25, 0.3) is 0 Å². The molecule has 1 saturated carbocycles. The highest BCUT2D eigenvalue weighted by atomic mass is 32.2. The highest BCUT2D eigenvalue weighted by Gasteiger charge is 2.24. The van der Waals surface area contributed by atoms with E-state index in [9.17, 15) is 8.42 Å². The number of nitrogens with zero attached hydrogens (tertiary/aromatic N) is 1. The summed E-state index contributed by atoms with van der Waals surface area (Å²) in [6.45, 7) is 3.95. The topological polar surface area (TPSA) is 49.4 Å². The van der Waals surface area contributed by atoms with E-state index in [0.717, 1.165) is 25.7 Å². The second-order valence-corrected chi connectivity index (χ2v) is 7.88. The molecule has 0 aromatic carbocycles. The summed E-state index contributed by atoms with van der Waals surface area (Å²) in [7, 11) is -2.81. The van der Waals surface area contributed by atoms with Crippen molar-refractivity contribution in [2.24, 2.45) is 5.92 Å². The average molecular weight is 260 g/mol. The first-order chi connectivity index (χ1) is 8.03. The first kappa shape index (κ1) is 13.3. The molecule has 0 spiro atoms. The molecule has 100 valence electrons. The van der Waals surface area contributed by atoms with Gasteiger partial charge in [-0.2, -0.15) is 0 Å². The van der Waals surface area contributed by atoms with E-state index in [-0.39, 0.29) is 0 Å². The number of sulfone groups is 1. The summed E-state index contributed by atoms with van der Waals surface area (Å²) >= 11 is 0. The molecular formula is C12H24N2O2S. The molecule has 1 atom stereocenters. The summed E-state index contributed by atoms with van der Waals surface area (Å²) in [5, 5.41) is 3.57. The maximum Gasteiger partial charge on any atom is 0.148 e. The molecule has 0 aromatic rings. The molecule has 5 heteroatoms. The number of likely N-dealkylation sites (tertiary alicyclic amines) is 1. The van der Waals surface area contributed by atoms with E-state index in [4.69, 9.17) is 0 Å². The van der Waals surface area contributed by atoms with Gasteiger partial charge >= 0.3 is 0 Å². The maximum absolute atomic E-state index is 11.1. The molecular weight excluding hydrogens is 236 g/mol. The van der Waals surface area contributed by atoms with Crippen LogP contribution in [0.2, 0.25) is 0 Å². The van der Waals surface area contributed by atoms with Gasteiger partial charge in [0.2, 0.25) is 0 Å². The smallest absolute Gasteiger partial charge is 0.148 e. The van der Waals surface area contributed by atoms with Crippen LogP contribution in [0.15, 0.2) is 0 Å². The van der Waals surface area contributed by atoms with Crippen molar-refractivity contribution in [3.63, 3.8) is 0 Å². The Hall–Kier alpha value is -0.130. The van der Waals surface area contributed by atoms with E-state index < -0.39 is 9.84 Å². The summed E-state index contributed by atoms with van der Waals surface area (Å²) in [4.78, 5) is 2.31. The van der Waals surface area contributed by atoms with Crippen molar-refractivity contribution in [1.82, 2.24) is 10.2 Å². The van der Waals surface area contributed by atoms with E-state index in [1.54, 1.807) is 0 Å². The highest BCUT2D eigenvalue weighted by Crippen LogP contribution is 2.21. The lowest BCUT2D eigenvalue weighted by Gasteiger charge is -2.32. The van der Waals surface area contributed by atoms with Gasteiger partial charge in [-0.15, -0.1) is 0 Å². The molecule has 1 aliphatic carbocycles. The Morgan fingerprint density at radius 1 is 1.29 bits per heavy atom. The molecule has 1 unspecified atom stereocenters. The summed E-state index contributed by atoms with van der Waals surface area (Å²) in [5.41, 5.74) is 0. The molecule has 1 aliphatic heterocycles. The number of hydrogen-bond donors (Lipinski definition) is 1. The van der Waals surface area contributed by atoms with E-state index in [2.05, 4.69) is 10.2 Å². The van der Waals surface area contributed by atoms with Crippen molar-refractivity contribution >= 4 is 9.84 Å². The zero-order valence-corrected chi connectivity index (χ0v) is 11.5. The Bertz CT molecular complexity index is 338. The molecule has 0 radical (unpaired) electrons. The van der Waals surface area contributed by atoms with Gasteiger partial charge in [0.15, 0.2) is 0 Å². The van der Waals surface area contributed by atoms with E-state index in [1.165, 1.54) is 31.9 Å². The third-order valence-corrected chi connectivity index (χ3v) is 4.58. The number of nitrogens with one attached hydrogen (secondary N) is 1. The average Bonchev–Trinajstić information content (AvgIpc) is 3.07. The maximum atomic E-state index is 11.1. The Kier molecular flexibility index (Phi) is 4.44. The molecule has 1 saturated heterocycles. The standard InChI is InChI=1S/C12H24N2O2S/c1-17(15,16)8-7-14-6-2-3-11(10-14)9-13-12-4-5-12/h11-13H,2-10H2,1H3. The van der Waals surface area contributed by atoms with Gasteiger partial charge in [0.1, 0.15) is 9.84 Å². The lowest BCUT2D eigenvalue weighted by atomic mass is 9.98. The van der Waals surface area contributed by atoms with Gasteiger partial charge < -0.3 is 10.2 Å². The van der Waals surface area contributed by atoms with Gasteiger partial charge in [0, 0.05) is 25.4 Å². The van der Waals surface area contributed by atoms with Gasteiger partial charge in [-0.25, -0.2) is 8.42 Å². The molecule has 0 aromatic heterocycles. The van der Waals surface area contributed by atoms with Gasteiger partial charge in [-0.05, 0) is 44.7 Å². The van der Waals surface area contributed by atoms with Crippen LogP contribution in [0.1, 0.15) is 25.7 Å². The van der Waals surface area contributed by atoms with Crippen LogP contribution in [0, 0.1) is 5.92 Å². The van der Waals surface area contributed by atoms with E-state index >= 15 is 0 Å². The number of piperidine rings is 1. The summed E-state index contributed by atoms with van der Waals surface area (Å²) < 4.78 is 22.3. The quantitative estimate of drug-likeness (QED) is 0.755. The monoisotopic (exact) mass is 260 g/mol. The summed E-state index contributed by atoms with van der Waals surface area (Å²) in [5.74, 6) is 1.01. The lowest BCUT2D eigenvalue weighted by Crippen LogP contribution is -2.41. The fourth-order valence-corrected chi connectivity index (χ4v) is 3.03. The number of hydrogen-bond acceptors (Lipinski definition) is 4. The fraction of sp³-hybridized carbons (Fsp3) is 1.00. The molecule has 0 amide bonds. The second-order valence-electron chi connectivity index (χ2n) is 5.62. The molecule has 0 bridgehead atoms. The first-order valence-electron chi connectivity index (χ1n) is 6.66. The van der Waals surface area contributed by atoms with Crippen LogP contribution >= 0.6 is 0 Å². The second kappa shape index (κ2) is 5.67. The third-order valence-electron chi connectivity index (χ3n) is 3.65. The fourth-order valence-electron chi connectivity index (χ4n) is 2.44. The van der Waals surface area contributed by atoms with Gasteiger partial charge in [0.05, 0.1) is 5.75 Å². The minimum Gasteiger partial charge on any atom is -0.314 e. The normalized spacial score (nSPS) is 27.2. The molecule has 4 nitrogen and oxygen atoms in total. The first-order valence-corrected chi connectivity index (χ1v) is 8.72. The molecule has 1 N–H and O–H groups in total. The van der Waals surface area contributed by atoms with Crippen LogP contribution in [-0.4, -0.2) is 57.5 Å². The number of rotatable bonds is 6. The zero-order valence-electron chi connectivity index (χ0n) is 10.7. The van der Waals surface area contributed by atoms with Crippen LogP contribution in [0.3, 0.4) is 0 Å². The van der Waals surface area contributed by atoms with Crippen molar-refractivity contribution < 1.29 is 8.42 Å². The van der Waals surface area contributed by atoms with Crippen LogP contribution in [-0.2, 0) is 9.84 Å². The van der Waals surface area contributed by atoms with Crippen molar-refractivity contribution in [3.05, 3.63) is 0 Å². The van der Waals surface area contributed by atoms with Crippen molar-refractivity contribution in [2.45, 2.75) is 31.7 Å². The third kappa shape index (κ3) is 5.36. The molecule has 2 fully saturated rings. The zero-order chi connectivity index (χ0) is 12.3. The van der Waals surface area contributed by atoms with Crippen molar-refractivity contribution in [2.75, 3.05) is 38.2 Å². The predicted octanol–water partition coefficient (Wildman–Crippen LogP) is 0.495. The molecule has 2 rings (SSSR count). The van der Waals surface area contributed by atoms with Crippen LogP contribution in [0.4, 0.5) is 0 Å². The Morgan fingerprint density at radius 2 is 2.06 bits per heavy atom. The predicted molar refractivity (Wildman–Crippen MR) is 69.9 cm³/mol. The largest absolute Gasteiger partial charge is 0.314 e. The Labute approximate surface area is 105 Å². The Morgan fingerprint density at radius 3 is 2.71 bits per heavy atom. The SMILES string of the molecule is CS(=O)(=O)CCN1CCCC(CNC2CC2)C1. The Balaban J connectivity index is 1.68. The van der Waals surface area contributed by atoms with Crippen LogP contribution in [0.5, 0.6) is 0 Å². The van der Waals surface area contributed by atoms with Crippen molar-refractivity contribution in [3.8, 4) is 0 Å². The molecule has 2 aliphatic rings. The van der Waals surface area contributed by atoms with E-state index in [0.29, 0.717) is 18.2 Å². The van der Waals surface area contributed by atoms with Gasteiger partial charge in [-0.3, -0.25) is 0 Å². The minimum absolute atomic E-state index is 0.301. The van der Waals surface area contributed by atoms with Gasteiger partial charge in [-0.1, -0.05) is 0 Å². The van der Waals surface area contributed by atoms with Crippen molar-refractivity contribution in [1.29, 1.82) is 0 Å². The summed E-state index contributed by atoms with van der Waals surface area (Å²) in [6.07, 6.45) is 6.49. The van der Waals surface area contributed by atoms with Crippen LogP contribution in [0.25, 0.3) is 0 Å². The molecule has 1 heterocycles. The highest BCUT2D eigenvalue weighted by molar-refractivity contribution is 7.90. The summed E-state index contributed by atoms with van der Waals surface area (Å²) in [6, 6.07) is 0.779. The van der Waals surface area contributed by atoms with Crippen LogP contribution < -0.4 is 5.32 Å². The lowest BCUT2D eigenvalue weighted by molar-refractivity contribution is 0.180. The minimum atomic E-state index is -2.81. The molecule has 17 heavy (non-hydrogen) atoms.